The monoisotopic (exact) mass is 557 g/mol. The molecule has 0 saturated heterocycles. The highest BCUT2D eigenvalue weighted by Crippen LogP contribution is 2.45. The molecule has 1 atom stereocenters. The zero-order valence-electron chi connectivity index (χ0n) is 20.7. The Morgan fingerprint density at radius 2 is 1.82 bits per heavy atom. The number of methoxy groups -OCH3 is 1. The Morgan fingerprint density at radius 1 is 1.03 bits per heavy atom. The summed E-state index contributed by atoms with van der Waals surface area (Å²) < 4.78 is 19.8. The molecule has 1 unspecified atom stereocenters. The van der Waals surface area contributed by atoms with Crippen molar-refractivity contribution < 1.29 is 23.8 Å². The number of fused-ring (bicyclic) bond motifs is 1. The molecule has 0 radical (unpaired) electrons. The highest BCUT2D eigenvalue weighted by atomic mass is 32.1. The third-order valence-electron chi connectivity index (χ3n) is 6.43. The highest BCUT2D eigenvalue weighted by Gasteiger charge is 2.46. The van der Waals surface area contributed by atoms with Crippen molar-refractivity contribution in [2.75, 3.05) is 12.0 Å². The topological polar surface area (TPSA) is 92.6 Å². The minimum atomic E-state index is -0.993. The summed E-state index contributed by atoms with van der Waals surface area (Å²) in [6.07, 6.45) is 0. The lowest BCUT2D eigenvalue weighted by molar-refractivity contribution is -0.117. The van der Waals surface area contributed by atoms with Gasteiger partial charge in [0, 0.05) is 5.56 Å². The van der Waals surface area contributed by atoms with E-state index in [0.29, 0.717) is 37.1 Å². The number of aliphatic hydroxyl groups excluding tert-OH is 1. The largest absolute Gasteiger partial charge is 0.503 e. The van der Waals surface area contributed by atoms with Gasteiger partial charge in [0.1, 0.15) is 16.6 Å². The normalized spacial score (nSPS) is 15.4. The third kappa shape index (κ3) is 4.27. The van der Waals surface area contributed by atoms with Crippen LogP contribution < -0.4 is 9.64 Å². The minimum Gasteiger partial charge on any atom is -0.503 e. The molecule has 0 spiro atoms. The number of benzene rings is 3. The van der Waals surface area contributed by atoms with Crippen molar-refractivity contribution >= 4 is 49.7 Å². The molecule has 1 N–H and O–H groups in total. The molecular formula is C29H20FN3O4S2. The third-order valence-corrected chi connectivity index (χ3v) is 8.65. The molecule has 6 rings (SSSR count). The molecule has 3 aromatic carbocycles. The van der Waals surface area contributed by atoms with Gasteiger partial charge in [-0.2, -0.15) is 0 Å². The molecule has 194 valence electrons. The summed E-state index contributed by atoms with van der Waals surface area (Å²) in [5.41, 5.74) is 2.32. The van der Waals surface area contributed by atoms with E-state index in [-0.39, 0.29) is 10.7 Å². The number of Topliss-reactive ketones (excluding diaryl/α,β-unsaturated/α-hetero) is 1. The molecular weight excluding hydrogens is 537 g/mol. The number of rotatable bonds is 6. The Bertz CT molecular complexity index is 1790. The zero-order valence-corrected chi connectivity index (χ0v) is 22.3. The van der Waals surface area contributed by atoms with E-state index in [0.717, 1.165) is 16.9 Å². The lowest BCUT2D eigenvalue weighted by atomic mass is 9.95. The van der Waals surface area contributed by atoms with E-state index in [4.69, 9.17) is 4.74 Å². The van der Waals surface area contributed by atoms with Gasteiger partial charge in [0.2, 0.25) is 5.78 Å². The van der Waals surface area contributed by atoms with Crippen LogP contribution in [0.25, 0.3) is 20.8 Å². The molecule has 10 heteroatoms. The van der Waals surface area contributed by atoms with Gasteiger partial charge in [-0.25, -0.2) is 14.4 Å². The van der Waals surface area contributed by atoms with Crippen LogP contribution >= 0.6 is 22.7 Å². The van der Waals surface area contributed by atoms with E-state index < -0.39 is 29.3 Å². The van der Waals surface area contributed by atoms with Crippen LogP contribution in [0, 0.1) is 12.7 Å². The maximum absolute atomic E-state index is 14.1. The van der Waals surface area contributed by atoms with E-state index in [1.54, 1.807) is 31.2 Å². The number of thiazole rings is 2. The number of halogens is 1. The summed E-state index contributed by atoms with van der Waals surface area (Å²) in [4.78, 5) is 38.4. The average molecular weight is 558 g/mol. The number of anilines is 1. The number of carbonyl (C=O) groups is 2. The lowest BCUT2D eigenvalue weighted by Crippen LogP contribution is -2.31. The van der Waals surface area contributed by atoms with Gasteiger partial charge in [-0.05, 0) is 42.8 Å². The number of aromatic nitrogens is 2. The Hall–Kier alpha value is -4.41. The van der Waals surface area contributed by atoms with Gasteiger partial charge in [-0.3, -0.25) is 14.5 Å². The maximum Gasteiger partial charge on any atom is 0.296 e. The first-order valence-corrected chi connectivity index (χ1v) is 13.5. The first-order valence-electron chi connectivity index (χ1n) is 11.9. The van der Waals surface area contributed by atoms with Crippen LogP contribution in [0.1, 0.15) is 27.0 Å². The van der Waals surface area contributed by atoms with Crippen LogP contribution in [-0.4, -0.2) is 33.9 Å². The summed E-state index contributed by atoms with van der Waals surface area (Å²) in [6, 6.07) is 19.6. The van der Waals surface area contributed by atoms with Crippen molar-refractivity contribution in [3.8, 4) is 16.3 Å². The predicted molar refractivity (Wildman–Crippen MR) is 149 cm³/mol. The molecule has 7 nitrogen and oxygen atoms in total. The van der Waals surface area contributed by atoms with Crippen molar-refractivity contribution in [3.63, 3.8) is 0 Å². The fourth-order valence-corrected chi connectivity index (χ4v) is 6.63. The average Bonchev–Trinajstić information content (AvgIpc) is 3.62. The lowest BCUT2D eigenvalue weighted by Gasteiger charge is -2.24. The van der Waals surface area contributed by atoms with Crippen molar-refractivity contribution in [1.82, 2.24) is 9.97 Å². The Kier molecular flexibility index (Phi) is 6.20. The Balaban J connectivity index is 1.49. The molecule has 0 bridgehead atoms. The summed E-state index contributed by atoms with van der Waals surface area (Å²) in [5, 5.41) is 12.0. The summed E-state index contributed by atoms with van der Waals surface area (Å²) >= 11 is 2.30. The van der Waals surface area contributed by atoms with Gasteiger partial charge < -0.3 is 9.84 Å². The van der Waals surface area contributed by atoms with Crippen LogP contribution in [-0.2, 0) is 4.79 Å². The van der Waals surface area contributed by atoms with Crippen LogP contribution in [0.5, 0.6) is 5.75 Å². The second-order valence-corrected chi connectivity index (χ2v) is 10.9. The molecule has 2 aromatic heterocycles. The zero-order chi connectivity index (χ0) is 27.3. The van der Waals surface area contributed by atoms with E-state index in [9.17, 15) is 19.1 Å². The maximum atomic E-state index is 14.1. The van der Waals surface area contributed by atoms with E-state index in [1.807, 2.05) is 30.3 Å². The van der Waals surface area contributed by atoms with Gasteiger partial charge in [0.15, 0.2) is 10.9 Å². The number of ketones is 1. The molecule has 39 heavy (non-hydrogen) atoms. The van der Waals surface area contributed by atoms with Crippen LogP contribution in [0.2, 0.25) is 0 Å². The van der Waals surface area contributed by atoms with Crippen molar-refractivity contribution in [2.24, 2.45) is 0 Å². The molecule has 0 saturated carbocycles. The Labute approximate surface area is 230 Å². The predicted octanol–water partition coefficient (Wildman–Crippen LogP) is 6.66. The number of aryl methyl sites for hydroxylation is 1. The number of carbonyl (C=O) groups excluding carboxylic acids is 2. The first kappa shape index (κ1) is 24.9. The standard InChI is InChI=1S/C29H20FN3O4S2/c1-15-26(39-27(31-15)16-7-4-3-5-8-16)24(34)22-23(17-9-6-10-19(13-17)37-2)33(28(36)25(22)35)29-32-20-12-11-18(30)14-21(20)38-29/h3-14,23,35H,1-2H3. The minimum absolute atomic E-state index is 0.0787. The van der Waals surface area contributed by atoms with Crippen molar-refractivity contribution in [3.05, 3.63) is 106 Å². The van der Waals surface area contributed by atoms with Gasteiger partial charge in [0.25, 0.3) is 5.91 Å². The van der Waals surface area contributed by atoms with Crippen LogP contribution in [0.15, 0.2) is 84.1 Å². The second kappa shape index (κ2) is 9.72. The molecule has 5 aromatic rings. The number of nitrogens with zero attached hydrogens (tertiary/aromatic N) is 3. The van der Waals surface area contributed by atoms with Gasteiger partial charge in [-0.1, -0.05) is 53.8 Å². The fraction of sp³-hybridized carbons (Fsp3) is 0.103. The fourth-order valence-electron chi connectivity index (χ4n) is 4.58. The van der Waals surface area contributed by atoms with Crippen LogP contribution in [0.3, 0.4) is 0 Å². The molecule has 0 fully saturated rings. The van der Waals surface area contributed by atoms with Gasteiger partial charge in [-0.15, -0.1) is 11.3 Å². The molecule has 1 amide bonds. The summed E-state index contributed by atoms with van der Waals surface area (Å²) in [5.74, 6) is -1.84. The summed E-state index contributed by atoms with van der Waals surface area (Å²) in [7, 11) is 1.52. The number of amides is 1. The van der Waals surface area contributed by atoms with Crippen molar-refractivity contribution in [1.29, 1.82) is 0 Å². The number of hydrogen-bond acceptors (Lipinski definition) is 8. The number of hydrogen-bond donors (Lipinski definition) is 1. The Morgan fingerprint density at radius 3 is 2.59 bits per heavy atom. The highest BCUT2D eigenvalue weighted by molar-refractivity contribution is 7.22. The smallest absolute Gasteiger partial charge is 0.296 e. The second-order valence-electron chi connectivity index (χ2n) is 8.85. The SMILES string of the molecule is COc1cccc(C2C(C(=O)c3sc(-c4ccccc4)nc3C)=C(O)C(=O)N2c2nc3ccc(F)cc3s2)c1. The molecule has 0 aliphatic carbocycles. The number of aliphatic hydroxyl groups is 1. The van der Waals surface area contributed by atoms with Gasteiger partial charge in [0.05, 0.1) is 39.5 Å². The summed E-state index contributed by atoms with van der Waals surface area (Å²) in [6.45, 7) is 1.73. The van der Waals surface area contributed by atoms with Gasteiger partial charge >= 0.3 is 0 Å². The van der Waals surface area contributed by atoms with E-state index >= 15 is 0 Å². The quantitative estimate of drug-likeness (QED) is 0.235. The van der Waals surface area contributed by atoms with E-state index in [1.165, 1.54) is 41.5 Å². The molecule has 3 heterocycles. The number of ether oxygens (including phenoxy) is 1. The first-order chi connectivity index (χ1) is 18.9. The molecule has 1 aliphatic rings. The van der Waals surface area contributed by atoms with Crippen molar-refractivity contribution in [2.45, 2.75) is 13.0 Å². The van der Waals surface area contributed by atoms with E-state index in [2.05, 4.69) is 9.97 Å². The molecule has 1 aliphatic heterocycles. The van der Waals surface area contributed by atoms with Crippen LogP contribution in [0.4, 0.5) is 9.52 Å².